The van der Waals surface area contributed by atoms with Crippen molar-refractivity contribution >= 4 is 22.8 Å². The number of rotatable bonds is 6. The monoisotopic (exact) mass is 366 g/mol. The Labute approximate surface area is 157 Å². The van der Waals surface area contributed by atoms with Gasteiger partial charge in [0.05, 0.1) is 13.0 Å². The van der Waals surface area contributed by atoms with E-state index in [0.29, 0.717) is 16.8 Å². The van der Waals surface area contributed by atoms with Crippen LogP contribution in [0.5, 0.6) is 0 Å². The highest BCUT2D eigenvalue weighted by Crippen LogP contribution is 2.25. The Balaban J connectivity index is 1.82. The summed E-state index contributed by atoms with van der Waals surface area (Å²) in [6.45, 7) is 5.91. The van der Waals surface area contributed by atoms with E-state index in [1.807, 2.05) is 44.2 Å². The number of carbonyl (C=O) groups excluding carboxylic acids is 2. The molecule has 3 rings (SSSR count). The predicted octanol–water partition coefficient (Wildman–Crippen LogP) is 3.41. The van der Waals surface area contributed by atoms with Gasteiger partial charge in [-0.3, -0.25) is 4.79 Å². The summed E-state index contributed by atoms with van der Waals surface area (Å²) < 4.78 is 10.5. The van der Waals surface area contributed by atoms with Crippen molar-refractivity contribution in [2.24, 2.45) is 0 Å². The molecule has 0 fully saturated rings. The fourth-order valence-corrected chi connectivity index (χ4v) is 3.15. The first-order valence-corrected chi connectivity index (χ1v) is 8.86. The third-order valence-corrected chi connectivity index (χ3v) is 4.27. The van der Waals surface area contributed by atoms with Crippen molar-refractivity contribution in [3.05, 3.63) is 64.8 Å². The van der Waals surface area contributed by atoms with Crippen molar-refractivity contribution < 1.29 is 18.8 Å². The van der Waals surface area contributed by atoms with Crippen LogP contribution in [0.4, 0.5) is 0 Å². The highest BCUT2D eigenvalue weighted by Gasteiger charge is 2.25. The van der Waals surface area contributed by atoms with E-state index in [2.05, 4.69) is 10.5 Å². The fourth-order valence-electron chi connectivity index (χ4n) is 3.15. The van der Waals surface area contributed by atoms with Crippen molar-refractivity contribution in [3.63, 3.8) is 0 Å². The van der Waals surface area contributed by atoms with Gasteiger partial charge in [-0.15, -0.1) is 0 Å². The molecule has 2 aromatic carbocycles. The van der Waals surface area contributed by atoms with Crippen molar-refractivity contribution in [1.29, 1.82) is 0 Å². The number of benzene rings is 2. The van der Waals surface area contributed by atoms with Crippen LogP contribution < -0.4 is 5.32 Å². The standard InChI is InChI=1S/C21H22N2O4/c1-4-26-21(25)20(15-8-6-5-7-9-15)22-18(24)12-16-19-14(3)10-13(2)11-17(19)27-23-16/h5-11,20H,4,12H2,1-3H3,(H,22,24). The second-order valence-corrected chi connectivity index (χ2v) is 6.42. The number of ether oxygens (including phenoxy) is 1. The molecule has 3 aromatic rings. The van der Waals surface area contributed by atoms with Gasteiger partial charge in [0, 0.05) is 5.39 Å². The molecule has 1 aromatic heterocycles. The molecule has 0 bridgehead atoms. The maximum atomic E-state index is 12.6. The van der Waals surface area contributed by atoms with Gasteiger partial charge >= 0.3 is 5.97 Å². The lowest BCUT2D eigenvalue weighted by Gasteiger charge is -2.17. The molecule has 1 heterocycles. The van der Waals surface area contributed by atoms with Crippen LogP contribution in [-0.4, -0.2) is 23.6 Å². The van der Waals surface area contributed by atoms with Crippen LogP contribution >= 0.6 is 0 Å². The lowest BCUT2D eigenvalue weighted by Crippen LogP contribution is -2.36. The van der Waals surface area contributed by atoms with Crippen LogP contribution in [0.2, 0.25) is 0 Å². The van der Waals surface area contributed by atoms with Crippen molar-refractivity contribution in [1.82, 2.24) is 10.5 Å². The maximum absolute atomic E-state index is 12.6. The van der Waals surface area contributed by atoms with Crippen LogP contribution in [0.3, 0.4) is 0 Å². The Morgan fingerprint density at radius 3 is 2.63 bits per heavy atom. The van der Waals surface area contributed by atoms with Gasteiger partial charge in [0.2, 0.25) is 5.91 Å². The molecule has 6 heteroatoms. The van der Waals surface area contributed by atoms with Gasteiger partial charge in [0.1, 0.15) is 5.69 Å². The Hall–Kier alpha value is -3.15. The number of carbonyl (C=O) groups is 2. The van der Waals surface area contributed by atoms with E-state index in [4.69, 9.17) is 9.26 Å². The first-order valence-electron chi connectivity index (χ1n) is 8.86. The largest absolute Gasteiger partial charge is 0.464 e. The molecule has 1 atom stereocenters. The van der Waals surface area contributed by atoms with E-state index >= 15 is 0 Å². The Morgan fingerprint density at radius 2 is 1.93 bits per heavy atom. The lowest BCUT2D eigenvalue weighted by atomic mass is 10.0. The molecule has 0 aliphatic rings. The maximum Gasteiger partial charge on any atom is 0.333 e. The molecule has 0 saturated heterocycles. The van der Waals surface area contributed by atoms with Crippen molar-refractivity contribution in [2.75, 3.05) is 6.61 Å². The molecule has 140 valence electrons. The van der Waals surface area contributed by atoms with Gasteiger partial charge in [0.15, 0.2) is 11.6 Å². The number of nitrogens with zero attached hydrogens (tertiary/aromatic N) is 1. The van der Waals surface area contributed by atoms with Gasteiger partial charge in [-0.25, -0.2) is 4.79 Å². The number of hydrogen-bond acceptors (Lipinski definition) is 5. The molecule has 1 amide bonds. The summed E-state index contributed by atoms with van der Waals surface area (Å²) >= 11 is 0. The van der Waals surface area contributed by atoms with E-state index in [0.717, 1.165) is 16.5 Å². The zero-order valence-corrected chi connectivity index (χ0v) is 15.6. The number of amides is 1. The van der Waals surface area contributed by atoms with Crippen LogP contribution in [0.1, 0.15) is 35.3 Å². The van der Waals surface area contributed by atoms with Crippen LogP contribution in [0, 0.1) is 13.8 Å². The molecule has 27 heavy (non-hydrogen) atoms. The van der Waals surface area contributed by atoms with Crippen LogP contribution in [0.15, 0.2) is 47.0 Å². The first kappa shape index (κ1) is 18.6. The summed E-state index contributed by atoms with van der Waals surface area (Å²) in [7, 11) is 0. The van der Waals surface area contributed by atoms with E-state index in [1.54, 1.807) is 19.1 Å². The highest BCUT2D eigenvalue weighted by atomic mass is 16.5. The molecule has 0 spiro atoms. The molecule has 1 N–H and O–H groups in total. The second kappa shape index (κ2) is 8.03. The minimum absolute atomic E-state index is 0.0135. The third-order valence-electron chi connectivity index (χ3n) is 4.27. The molecule has 0 aliphatic heterocycles. The average molecular weight is 366 g/mol. The van der Waals surface area contributed by atoms with Crippen molar-refractivity contribution in [2.45, 2.75) is 33.2 Å². The highest BCUT2D eigenvalue weighted by molar-refractivity contribution is 5.91. The number of nitrogens with one attached hydrogen (secondary N) is 1. The minimum Gasteiger partial charge on any atom is -0.464 e. The Morgan fingerprint density at radius 1 is 1.19 bits per heavy atom. The smallest absolute Gasteiger partial charge is 0.333 e. The summed E-state index contributed by atoms with van der Waals surface area (Å²) in [5, 5.41) is 7.64. The van der Waals surface area contributed by atoms with Gasteiger partial charge < -0.3 is 14.6 Å². The normalized spacial score (nSPS) is 12.0. The zero-order chi connectivity index (χ0) is 19.4. The van der Waals surface area contributed by atoms with E-state index in [1.165, 1.54) is 0 Å². The Bertz CT molecular complexity index is 963. The van der Waals surface area contributed by atoms with Gasteiger partial charge in [-0.05, 0) is 43.5 Å². The van der Waals surface area contributed by atoms with Gasteiger partial charge in [-0.2, -0.15) is 0 Å². The molecule has 1 unspecified atom stereocenters. The van der Waals surface area contributed by atoms with E-state index < -0.39 is 12.0 Å². The summed E-state index contributed by atoms with van der Waals surface area (Å²) in [5.41, 5.74) is 3.94. The quantitative estimate of drug-likeness (QED) is 0.676. The molecule has 6 nitrogen and oxygen atoms in total. The van der Waals surface area contributed by atoms with Crippen LogP contribution in [0.25, 0.3) is 11.0 Å². The second-order valence-electron chi connectivity index (χ2n) is 6.42. The van der Waals surface area contributed by atoms with Crippen molar-refractivity contribution in [3.8, 4) is 0 Å². The lowest BCUT2D eigenvalue weighted by molar-refractivity contribution is -0.147. The summed E-state index contributed by atoms with van der Waals surface area (Å²) in [5.74, 6) is -0.819. The first-order chi connectivity index (χ1) is 13.0. The number of esters is 1. The molecule has 0 saturated carbocycles. The number of aromatic nitrogens is 1. The fraction of sp³-hybridized carbons (Fsp3) is 0.286. The van der Waals surface area contributed by atoms with Crippen LogP contribution in [-0.2, 0) is 20.7 Å². The number of hydrogen-bond donors (Lipinski definition) is 1. The number of aryl methyl sites for hydroxylation is 2. The van der Waals surface area contributed by atoms with E-state index in [-0.39, 0.29) is 18.9 Å². The predicted molar refractivity (Wildman–Crippen MR) is 101 cm³/mol. The van der Waals surface area contributed by atoms with Gasteiger partial charge in [-0.1, -0.05) is 41.6 Å². The zero-order valence-electron chi connectivity index (χ0n) is 15.6. The molecular weight excluding hydrogens is 344 g/mol. The van der Waals surface area contributed by atoms with Gasteiger partial charge in [0.25, 0.3) is 0 Å². The summed E-state index contributed by atoms with van der Waals surface area (Å²) in [4.78, 5) is 24.9. The molecule has 0 aliphatic carbocycles. The minimum atomic E-state index is -0.861. The number of fused-ring (bicyclic) bond motifs is 1. The Kier molecular flexibility index (Phi) is 5.54. The molecular formula is C21H22N2O4. The third kappa shape index (κ3) is 4.16. The average Bonchev–Trinajstić information content (AvgIpc) is 3.03. The summed E-state index contributed by atoms with van der Waals surface area (Å²) in [6, 6.07) is 12.1. The topological polar surface area (TPSA) is 81.4 Å². The summed E-state index contributed by atoms with van der Waals surface area (Å²) in [6.07, 6.45) is 0.0135. The molecule has 0 radical (unpaired) electrons. The SMILES string of the molecule is CCOC(=O)C(NC(=O)Cc1noc2cc(C)cc(C)c12)c1ccccc1. The van der Waals surface area contributed by atoms with E-state index in [9.17, 15) is 9.59 Å².